The van der Waals surface area contributed by atoms with E-state index in [2.05, 4.69) is 11.9 Å². The van der Waals surface area contributed by atoms with Crippen LogP contribution in [0.4, 0.5) is 0 Å². The highest BCUT2D eigenvalue weighted by molar-refractivity contribution is 5.79. The first-order valence-electron chi connectivity index (χ1n) is 5.05. The van der Waals surface area contributed by atoms with Gasteiger partial charge in [0.1, 0.15) is 0 Å². The largest absolute Gasteiger partial charge is 0.352 e. The van der Waals surface area contributed by atoms with Gasteiger partial charge >= 0.3 is 0 Å². The maximum atomic E-state index is 11.5. The lowest BCUT2D eigenvalue weighted by Gasteiger charge is -2.06. The van der Waals surface area contributed by atoms with Gasteiger partial charge in [-0.1, -0.05) is 36.4 Å². The highest BCUT2D eigenvalue weighted by atomic mass is 16.1. The van der Waals surface area contributed by atoms with E-state index in [9.17, 15) is 4.79 Å². The number of aryl methyl sites for hydroxylation is 1. The van der Waals surface area contributed by atoms with Crippen LogP contribution in [0.1, 0.15) is 18.1 Å². The van der Waals surface area contributed by atoms with Crippen molar-refractivity contribution in [2.24, 2.45) is 0 Å². The van der Waals surface area contributed by atoms with E-state index < -0.39 is 0 Å². The summed E-state index contributed by atoms with van der Waals surface area (Å²) in [7, 11) is 0. The summed E-state index contributed by atoms with van der Waals surface area (Å²) in [5.74, 6) is 0.0484. The van der Waals surface area contributed by atoms with Gasteiger partial charge in [-0.15, -0.1) is 0 Å². The Morgan fingerprint density at radius 1 is 1.40 bits per heavy atom. The topological polar surface area (TPSA) is 29.1 Å². The molecule has 0 atom stereocenters. The number of carbonyl (C=O) groups excluding carboxylic acids is 1. The zero-order chi connectivity index (χ0) is 11.3. The van der Waals surface area contributed by atoms with Crippen LogP contribution in [0.25, 0.3) is 0 Å². The lowest BCUT2D eigenvalue weighted by atomic mass is 10.1. The van der Waals surface area contributed by atoms with E-state index in [4.69, 9.17) is 0 Å². The van der Waals surface area contributed by atoms with Gasteiger partial charge in [0.15, 0.2) is 0 Å². The SMILES string of the molecule is C=C(C)CNC(=O)Cc1ccccc1C. The van der Waals surface area contributed by atoms with Crippen molar-refractivity contribution in [2.75, 3.05) is 6.54 Å². The number of nitrogens with one attached hydrogen (secondary N) is 1. The summed E-state index contributed by atoms with van der Waals surface area (Å²) in [5.41, 5.74) is 3.20. The molecule has 2 nitrogen and oxygen atoms in total. The minimum absolute atomic E-state index is 0.0484. The predicted octanol–water partition coefficient (Wildman–Crippen LogP) is 2.23. The van der Waals surface area contributed by atoms with Crippen molar-refractivity contribution in [3.8, 4) is 0 Å². The fourth-order valence-corrected chi connectivity index (χ4v) is 1.29. The van der Waals surface area contributed by atoms with Gasteiger partial charge in [0.05, 0.1) is 6.42 Å². The van der Waals surface area contributed by atoms with Crippen molar-refractivity contribution >= 4 is 5.91 Å². The van der Waals surface area contributed by atoms with Crippen LogP contribution in [0, 0.1) is 6.92 Å². The second-order valence-electron chi connectivity index (χ2n) is 3.84. The fraction of sp³-hybridized carbons (Fsp3) is 0.308. The molecule has 0 saturated carbocycles. The summed E-state index contributed by atoms with van der Waals surface area (Å²) in [6, 6.07) is 7.93. The van der Waals surface area contributed by atoms with Crippen LogP contribution in [0.5, 0.6) is 0 Å². The Morgan fingerprint density at radius 3 is 2.67 bits per heavy atom. The molecule has 2 heteroatoms. The van der Waals surface area contributed by atoms with Crippen LogP contribution in [0.3, 0.4) is 0 Å². The van der Waals surface area contributed by atoms with Crippen LogP contribution in [0.15, 0.2) is 36.4 Å². The second kappa shape index (κ2) is 5.35. The molecule has 0 heterocycles. The van der Waals surface area contributed by atoms with E-state index in [1.54, 1.807) is 0 Å². The second-order valence-corrected chi connectivity index (χ2v) is 3.84. The molecule has 0 saturated heterocycles. The number of hydrogen-bond acceptors (Lipinski definition) is 1. The molecule has 0 aliphatic carbocycles. The van der Waals surface area contributed by atoms with E-state index in [0.717, 1.165) is 16.7 Å². The molecule has 0 bridgehead atoms. The highest BCUT2D eigenvalue weighted by Crippen LogP contribution is 2.07. The molecular formula is C13H17NO. The molecule has 1 N–H and O–H groups in total. The molecule has 0 spiro atoms. The van der Waals surface area contributed by atoms with Crippen molar-refractivity contribution in [3.05, 3.63) is 47.5 Å². The molecule has 0 radical (unpaired) electrons. The molecule has 1 aromatic rings. The van der Waals surface area contributed by atoms with Crippen LogP contribution >= 0.6 is 0 Å². The summed E-state index contributed by atoms with van der Waals surface area (Å²) < 4.78 is 0. The van der Waals surface area contributed by atoms with Crippen molar-refractivity contribution in [2.45, 2.75) is 20.3 Å². The van der Waals surface area contributed by atoms with Gasteiger partial charge in [-0.05, 0) is 25.0 Å². The average Bonchev–Trinajstić information content (AvgIpc) is 2.18. The van der Waals surface area contributed by atoms with Gasteiger partial charge in [0.2, 0.25) is 5.91 Å². The maximum absolute atomic E-state index is 11.5. The van der Waals surface area contributed by atoms with Gasteiger partial charge in [0, 0.05) is 6.54 Å². The zero-order valence-corrected chi connectivity index (χ0v) is 9.34. The van der Waals surface area contributed by atoms with Gasteiger partial charge in [0.25, 0.3) is 0 Å². The smallest absolute Gasteiger partial charge is 0.224 e. The summed E-state index contributed by atoms with van der Waals surface area (Å²) in [6.07, 6.45) is 0.444. The summed E-state index contributed by atoms with van der Waals surface area (Å²) in [6.45, 7) is 8.21. The molecule has 15 heavy (non-hydrogen) atoms. The summed E-state index contributed by atoms with van der Waals surface area (Å²) in [4.78, 5) is 11.5. The first kappa shape index (κ1) is 11.5. The van der Waals surface area contributed by atoms with Crippen molar-refractivity contribution in [3.63, 3.8) is 0 Å². The molecule has 0 aliphatic rings. The average molecular weight is 203 g/mol. The molecule has 0 aliphatic heterocycles. The normalized spacial score (nSPS) is 9.73. The Morgan fingerprint density at radius 2 is 2.07 bits per heavy atom. The van der Waals surface area contributed by atoms with Crippen LogP contribution < -0.4 is 5.32 Å². The predicted molar refractivity (Wildman–Crippen MR) is 62.7 cm³/mol. The molecule has 0 aromatic heterocycles. The van der Waals surface area contributed by atoms with Gasteiger partial charge in [-0.2, -0.15) is 0 Å². The molecule has 1 rings (SSSR count). The zero-order valence-electron chi connectivity index (χ0n) is 9.34. The van der Waals surface area contributed by atoms with Crippen LogP contribution in [-0.2, 0) is 11.2 Å². The Bertz CT molecular complexity index is 369. The van der Waals surface area contributed by atoms with Crippen molar-refractivity contribution in [1.29, 1.82) is 0 Å². The van der Waals surface area contributed by atoms with E-state index in [1.165, 1.54) is 0 Å². The number of hydrogen-bond donors (Lipinski definition) is 1. The molecular weight excluding hydrogens is 186 g/mol. The number of amides is 1. The van der Waals surface area contributed by atoms with Crippen molar-refractivity contribution in [1.82, 2.24) is 5.32 Å². The minimum atomic E-state index is 0.0484. The standard InChI is InChI=1S/C13H17NO/c1-10(2)9-14-13(15)8-12-7-5-4-6-11(12)3/h4-7H,1,8-9H2,2-3H3,(H,14,15). The monoisotopic (exact) mass is 203 g/mol. The Labute approximate surface area is 91.0 Å². The summed E-state index contributed by atoms with van der Waals surface area (Å²) in [5, 5.41) is 2.82. The van der Waals surface area contributed by atoms with Crippen LogP contribution in [-0.4, -0.2) is 12.5 Å². The van der Waals surface area contributed by atoms with Crippen molar-refractivity contribution < 1.29 is 4.79 Å². The van der Waals surface area contributed by atoms with Gasteiger partial charge in [-0.3, -0.25) is 4.79 Å². The first-order valence-corrected chi connectivity index (χ1v) is 5.05. The van der Waals surface area contributed by atoms with Gasteiger partial charge in [-0.25, -0.2) is 0 Å². The molecule has 80 valence electrons. The van der Waals surface area contributed by atoms with Crippen LogP contribution in [0.2, 0.25) is 0 Å². The lowest BCUT2D eigenvalue weighted by molar-refractivity contribution is -0.120. The lowest BCUT2D eigenvalue weighted by Crippen LogP contribution is -2.26. The van der Waals surface area contributed by atoms with E-state index in [1.807, 2.05) is 38.1 Å². The Balaban J connectivity index is 2.52. The minimum Gasteiger partial charge on any atom is -0.352 e. The van der Waals surface area contributed by atoms with E-state index in [0.29, 0.717) is 13.0 Å². The third-order valence-electron chi connectivity index (χ3n) is 2.20. The maximum Gasteiger partial charge on any atom is 0.224 e. The summed E-state index contributed by atoms with van der Waals surface area (Å²) >= 11 is 0. The van der Waals surface area contributed by atoms with Gasteiger partial charge < -0.3 is 5.32 Å². The number of carbonyl (C=O) groups is 1. The Hall–Kier alpha value is -1.57. The molecule has 0 unspecified atom stereocenters. The Kier molecular flexibility index (Phi) is 4.10. The highest BCUT2D eigenvalue weighted by Gasteiger charge is 2.04. The quantitative estimate of drug-likeness (QED) is 0.747. The van der Waals surface area contributed by atoms with E-state index in [-0.39, 0.29) is 5.91 Å². The molecule has 0 fully saturated rings. The third-order valence-corrected chi connectivity index (χ3v) is 2.20. The molecule has 1 aromatic carbocycles. The first-order chi connectivity index (χ1) is 7.09. The molecule has 1 amide bonds. The van der Waals surface area contributed by atoms with E-state index >= 15 is 0 Å². The fourth-order valence-electron chi connectivity index (χ4n) is 1.29. The number of benzene rings is 1. The third kappa shape index (κ3) is 3.98. The number of rotatable bonds is 4.